The van der Waals surface area contributed by atoms with E-state index in [2.05, 4.69) is 11.4 Å². The quantitative estimate of drug-likeness (QED) is 0.800. The molecule has 21 heavy (non-hydrogen) atoms. The van der Waals surface area contributed by atoms with Crippen molar-refractivity contribution in [1.29, 1.82) is 5.26 Å². The molecule has 0 saturated heterocycles. The monoisotopic (exact) mass is 299 g/mol. The van der Waals surface area contributed by atoms with Crippen LogP contribution in [0.5, 0.6) is 5.75 Å². The van der Waals surface area contributed by atoms with Gasteiger partial charge in [0.1, 0.15) is 18.4 Å². The highest BCUT2D eigenvalue weighted by molar-refractivity contribution is 7.98. The van der Waals surface area contributed by atoms with E-state index in [-0.39, 0.29) is 0 Å². The van der Waals surface area contributed by atoms with Crippen molar-refractivity contribution >= 4 is 23.1 Å². The van der Waals surface area contributed by atoms with Crippen LogP contribution in [0.2, 0.25) is 0 Å². The minimum Gasteiger partial charge on any atom is -0.492 e. The fourth-order valence-electron chi connectivity index (χ4n) is 1.89. The van der Waals surface area contributed by atoms with E-state index in [1.54, 1.807) is 11.8 Å². The number of ether oxygens (including phenoxy) is 1. The lowest BCUT2D eigenvalue weighted by Gasteiger charge is -2.11. The van der Waals surface area contributed by atoms with Gasteiger partial charge in [-0.3, -0.25) is 0 Å². The highest BCUT2D eigenvalue weighted by atomic mass is 32.2. The minimum absolute atomic E-state index is 0.493. The zero-order valence-corrected chi connectivity index (χ0v) is 12.6. The van der Waals surface area contributed by atoms with Crippen LogP contribution in [-0.2, 0) is 0 Å². The van der Waals surface area contributed by atoms with Crippen LogP contribution in [0.1, 0.15) is 5.56 Å². The van der Waals surface area contributed by atoms with Crippen molar-refractivity contribution in [2.24, 2.45) is 5.73 Å². The van der Waals surface area contributed by atoms with Gasteiger partial charge in [0.05, 0.1) is 11.3 Å². The molecule has 0 bridgehead atoms. The molecule has 0 aliphatic heterocycles. The lowest BCUT2D eigenvalue weighted by molar-refractivity contribution is 0.328. The summed E-state index contributed by atoms with van der Waals surface area (Å²) in [6, 6.07) is 15.6. The van der Waals surface area contributed by atoms with Gasteiger partial charge in [-0.1, -0.05) is 6.07 Å². The summed E-state index contributed by atoms with van der Waals surface area (Å²) in [6.45, 7) is 0.994. The van der Waals surface area contributed by atoms with E-state index < -0.39 is 0 Å². The van der Waals surface area contributed by atoms with Crippen LogP contribution in [0, 0.1) is 11.3 Å². The number of thioether (sulfide) groups is 1. The fourth-order valence-corrected chi connectivity index (χ4v) is 2.46. The van der Waals surface area contributed by atoms with Crippen LogP contribution in [0.3, 0.4) is 0 Å². The van der Waals surface area contributed by atoms with Crippen molar-refractivity contribution in [3.63, 3.8) is 0 Å². The zero-order valence-electron chi connectivity index (χ0n) is 11.8. The molecule has 5 heteroatoms. The second-order valence-corrected chi connectivity index (χ2v) is 5.13. The van der Waals surface area contributed by atoms with Crippen molar-refractivity contribution in [2.75, 3.05) is 24.7 Å². The lowest BCUT2D eigenvalue weighted by Crippen LogP contribution is -2.10. The molecule has 0 saturated carbocycles. The molecule has 0 spiro atoms. The Balaban J connectivity index is 2.17. The Morgan fingerprint density at radius 3 is 2.62 bits per heavy atom. The summed E-state index contributed by atoms with van der Waals surface area (Å²) in [5.41, 5.74) is 7.77. The highest BCUT2D eigenvalue weighted by Crippen LogP contribution is 2.29. The SMILES string of the molecule is CSc1cccc(Nc2ccc(OCCN)cc2)c1C#N. The molecule has 0 aromatic heterocycles. The van der Waals surface area contributed by atoms with Gasteiger partial charge >= 0.3 is 0 Å². The number of nitrogens with one attached hydrogen (secondary N) is 1. The summed E-state index contributed by atoms with van der Waals surface area (Å²) in [5.74, 6) is 0.782. The maximum atomic E-state index is 9.31. The average Bonchev–Trinajstić information content (AvgIpc) is 2.54. The number of hydrogen-bond donors (Lipinski definition) is 2. The molecule has 0 heterocycles. The summed E-state index contributed by atoms with van der Waals surface area (Å²) in [6.07, 6.45) is 1.96. The van der Waals surface area contributed by atoms with Gasteiger partial charge in [-0.25, -0.2) is 0 Å². The van der Waals surface area contributed by atoms with Gasteiger partial charge in [-0.15, -0.1) is 11.8 Å². The van der Waals surface area contributed by atoms with Crippen molar-refractivity contribution in [3.8, 4) is 11.8 Å². The first-order valence-corrected chi connectivity index (χ1v) is 7.78. The van der Waals surface area contributed by atoms with Crippen LogP contribution in [-0.4, -0.2) is 19.4 Å². The molecule has 0 amide bonds. The number of nitriles is 1. The number of anilines is 2. The van der Waals surface area contributed by atoms with Crippen molar-refractivity contribution in [3.05, 3.63) is 48.0 Å². The van der Waals surface area contributed by atoms with Crippen molar-refractivity contribution in [1.82, 2.24) is 0 Å². The first kappa shape index (κ1) is 15.2. The molecule has 0 aliphatic carbocycles. The van der Waals surface area contributed by atoms with Crippen LogP contribution in [0.15, 0.2) is 47.4 Å². The van der Waals surface area contributed by atoms with Gasteiger partial charge in [-0.2, -0.15) is 5.26 Å². The molecule has 0 radical (unpaired) electrons. The maximum absolute atomic E-state index is 9.31. The second kappa shape index (κ2) is 7.58. The molecule has 108 valence electrons. The van der Waals surface area contributed by atoms with Gasteiger partial charge in [0, 0.05) is 17.1 Å². The van der Waals surface area contributed by atoms with Gasteiger partial charge in [0.15, 0.2) is 0 Å². The third-order valence-electron chi connectivity index (χ3n) is 2.88. The van der Waals surface area contributed by atoms with Crippen molar-refractivity contribution < 1.29 is 4.74 Å². The van der Waals surface area contributed by atoms with Crippen LogP contribution < -0.4 is 15.8 Å². The van der Waals surface area contributed by atoms with Gasteiger partial charge in [0.25, 0.3) is 0 Å². The molecule has 3 N–H and O–H groups in total. The van der Waals surface area contributed by atoms with E-state index in [0.717, 1.165) is 22.0 Å². The van der Waals surface area contributed by atoms with E-state index in [1.807, 2.05) is 48.7 Å². The Morgan fingerprint density at radius 2 is 2.00 bits per heavy atom. The molecule has 4 nitrogen and oxygen atoms in total. The Bertz CT molecular complexity index is 635. The molecular formula is C16H17N3OS. The summed E-state index contributed by atoms with van der Waals surface area (Å²) < 4.78 is 5.43. The van der Waals surface area contributed by atoms with Gasteiger partial charge < -0.3 is 15.8 Å². The average molecular weight is 299 g/mol. The molecule has 0 atom stereocenters. The van der Waals surface area contributed by atoms with E-state index >= 15 is 0 Å². The number of nitrogens with two attached hydrogens (primary N) is 1. The summed E-state index contributed by atoms with van der Waals surface area (Å²) >= 11 is 1.56. The third kappa shape index (κ3) is 3.91. The Kier molecular flexibility index (Phi) is 5.50. The molecule has 2 aromatic carbocycles. The molecular weight excluding hydrogens is 282 g/mol. The largest absolute Gasteiger partial charge is 0.492 e. The van der Waals surface area contributed by atoms with Crippen LogP contribution >= 0.6 is 11.8 Å². The first-order chi connectivity index (χ1) is 10.3. The second-order valence-electron chi connectivity index (χ2n) is 4.28. The minimum atomic E-state index is 0.493. The summed E-state index contributed by atoms with van der Waals surface area (Å²) in [7, 11) is 0. The predicted octanol–water partition coefficient (Wildman–Crippen LogP) is 3.36. The number of rotatable bonds is 6. The van der Waals surface area contributed by atoms with E-state index in [4.69, 9.17) is 10.5 Å². The summed E-state index contributed by atoms with van der Waals surface area (Å²) in [5, 5.41) is 12.6. The molecule has 0 unspecified atom stereocenters. The first-order valence-electron chi connectivity index (χ1n) is 6.55. The van der Waals surface area contributed by atoms with E-state index in [1.165, 1.54) is 0 Å². The van der Waals surface area contributed by atoms with E-state index in [9.17, 15) is 5.26 Å². The topological polar surface area (TPSA) is 71.1 Å². The lowest BCUT2D eigenvalue weighted by atomic mass is 10.2. The zero-order chi connectivity index (χ0) is 15.1. The molecule has 0 aliphatic rings. The Labute approximate surface area is 128 Å². The Hall–Kier alpha value is -2.16. The van der Waals surface area contributed by atoms with Crippen LogP contribution in [0.4, 0.5) is 11.4 Å². The van der Waals surface area contributed by atoms with Crippen LogP contribution in [0.25, 0.3) is 0 Å². The number of benzene rings is 2. The fraction of sp³-hybridized carbons (Fsp3) is 0.188. The number of nitrogens with zero attached hydrogens (tertiary/aromatic N) is 1. The molecule has 0 fully saturated rings. The third-order valence-corrected chi connectivity index (χ3v) is 3.66. The normalized spacial score (nSPS) is 9.95. The van der Waals surface area contributed by atoms with E-state index in [0.29, 0.717) is 18.7 Å². The smallest absolute Gasteiger partial charge is 0.119 e. The standard InChI is InChI=1S/C16H17N3OS/c1-21-16-4-2-3-15(14(16)11-18)19-12-5-7-13(8-6-12)20-10-9-17/h2-8,19H,9-10,17H2,1H3. The van der Waals surface area contributed by atoms with Gasteiger partial charge in [-0.05, 0) is 42.7 Å². The summed E-state index contributed by atoms with van der Waals surface area (Å²) in [4.78, 5) is 0.963. The van der Waals surface area contributed by atoms with Gasteiger partial charge in [0.2, 0.25) is 0 Å². The highest BCUT2D eigenvalue weighted by Gasteiger charge is 2.07. The van der Waals surface area contributed by atoms with Crippen molar-refractivity contribution in [2.45, 2.75) is 4.90 Å². The maximum Gasteiger partial charge on any atom is 0.119 e. The molecule has 2 rings (SSSR count). The number of hydrogen-bond acceptors (Lipinski definition) is 5. The predicted molar refractivity (Wildman–Crippen MR) is 87.2 cm³/mol. The Morgan fingerprint density at radius 1 is 1.24 bits per heavy atom. The molecule has 2 aromatic rings.